The Morgan fingerprint density at radius 2 is 2.15 bits per heavy atom. The molecule has 2 rings (SSSR count). The Hall–Kier alpha value is -1.50. The zero-order chi connectivity index (χ0) is 14.2. The largest absolute Gasteiger partial charge is 0.491 e. The topological polar surface area (TPSA) is 56.3 Å². The van der Waals surface area contributed by atoms with Crippen LogP contribution in [0.25, 0.3) is 0 Å². The van der Waals surface area contributed by atoms with E-state index in [4.69, 9.17) is 9.47 Å². The van der Waals surface area contributed by atoms with Gasteiger partial charge in [-0.3, -0.25) is 0 Å². The number of para-hydroxylation sites is 1. The van der Waals surface area contributed by atoms with Crippen molar-refractivity contribution >= 4 is 11.7 Å². The number of ether oxygens (including phenoxy) is 2. The van der Waals surface area contributed by atoms with Gasteiger partial charge in [0.25, 0.3) is 0 Å². The highest BCUT2D eigenvalue weighted by Gasteiger charge is 2.19. The van der Waals surface area contributed by atoms with Crippen LogP contribution in [0.15, 0.2) is 30.5 Å². The van der Waals surface area contributed by atoms with Crippen LogP contribution in [0, 0.1) is 0 Å². The first-order valence-electron chi connectivity index (χ1n) is 6.58. The number of hydrogen-bond acceptors (Lipinski definition) is 6. The third-order valence-electron chi connectivity index (χ3n) is 2.86. The van der Waals surface area contributed by atoms with E-state index >= 15 is 0 Å². The van der Waals surface area contributed by atoms with Crippen molar-refractivity contribution in [2.45, 2.75) is 13.0 Å². The van der Waals surface area contributed by atoms with Crippen molar-refractivity contribution < 1.29 is 9.47 Å². The van der Waals surface area contributed by atoms with E-state index < -0.39 is 0 Å². The molecule has 0 amide bonds. The van der Waals surface area contributed by atoms with Crippen molar-refractivity contribution in [1.29, 1.82) is 0 Å². The van der Waals surface area contributed by atoms with Crippen LogP contribution in [0.3, 0.4) is 0 Å². The van der Waals surface area contributed by atoms with Gasteiger partial charge < -0.3 is 14.8 Å². The Kier molecular flexibility index (Phi) is 5.91. The number of methoxy groups -OCH3 is 1. The fourth-order valence-electron chi connectivity index (χ4n) is 1.96. The predicted octanol–water partition coefficient (Wildman–Crippen LogP) is 2.26. The number of hydrogen-bond donors (Lipinski definition) is 1. The van der Waals surface area contributed by atoms with E-state index in [1.54, 1.807) is 13.3 Å². The molecule has 1 unspecified atom stereocenters. The summed E-state index contributed by atoms with van der Waals surface area (Å²) in [5, 5.41) is 3.43. The van der Waals surface area contributed by atoms with Crippen molar-refractivity contribution in [2.75, 3.05) is 26.9 Å². The molecule has 1 aromatic carbocycles. The van der Waals surface area contributed by atoms with Crippen LogP contribution in [-0.2, 0) is 4.74 Å². The van der Waals surface area contributed by atoms with Crippen LogP contribution < -0.4 is 10.1 Å². The standard InChI is InChI=1S/C14H19N3O2S/c1-3-15-14(12-10-16-20-17-12)11-6-4-5-7-13(11)19-9-8-18-2/h4-7,10,14-15H,3,8-9H2,1-2H3. The van der Waals surface area contributed by atoms with Gasteiger partial charge in [0.2, 0.25) is 0 Å². The van der Waals surface area contributed by atoms with E-state index in [-0.39, 0.29) is 6.04 Å². The SMILES string of the molecule is CCNC(c1cnsn1)c1ccccc1OCCOC. The minimum absolute atomic E-state index is 0.00232. The maximum Gasteiger partial charge on any atom is 0.124 e. The van der Waals surface area contributed by atoms with Crippen LogP contribution in [0.2, 0.25) is 0 Å². The lowest BCUT2D eigenvalue weighted by Crippen LogP contribution is -2.23. The van der Waals surface area contributed by atoms with E-state index in [1.807, 2.05) is 18.2 Å². The molecule has 6 heteroatoms. The lowest BCUT2D eigenvalue weighted by Gasteiger charge is -2.19. The van der Waals surface area contributed by atoms with E-state index in [1.165, 1.54) is 11.7 Å². The molecule has 0 saturated heterocycles. The second-order valence-electron chi connectivity index (χ2n) is 4.20. The average Bonchev–Trinajstić information content (AvgIpc) is 3.00. The highest BCUT2D eigenvalue weighted by molar-refractivity contribution is 6.99. The van der Waals surface area contributed by atoms with E-state index in [2.05, 4.69) is 27.1 Å². The Morgan fingerprint density at radius 1 is 1.30 bits per heavy atom. The molecule has 1 atom stereocenters. The Morgan fingerprint density at radius 3 is 2.85 bits per heavy atom. The third-order valence-corrected chi connectivity index (χ3v) is 3.35. The highest BCUT2D eigenvalue weighted by Crippen LogP contribution is 2.29. The molecule has 1 aromatic heterocycles. The molecule has 0 spiro atoms. The molecule has 1 N–H and O–H groups in total. The normalized spacial score (nSPS) is 12.3. The summed E-state index contributed by atoms with van der Waals surface area (Å²) < 4.78 is 19.2. The number of aromatic nitrogens is 2. The van der Waals surface area contributed by atoms with Crippen LogP contribution in [-0.4, -0.2) is 35.6 Å². The van der Waals surface area contributed by atoms with Gasteiger partial charge in [-0.2, -0.15) is 8.75 Å². The van der Waals surface area contributed by atoms with Gasteiger partial charge in [0.05, 0.1) is 36.3 Å². The molecule has 1 heterocycles. The molecule has 0 saturated carbocycles. The fourth-order valence-corrected chi connectivity index (χ4v) is 2.41. The summed E-state index contributed by atoms with van der Waals surface area (Å²) in [5.74, 6) is 0.850. The summed E-state index contributed by atoms with van der Waals surface area (Å²) in [6.45, 7) is 4.01. The van der Waals surface area contributed by atoms with E-state index in [0.717, 1.165) is 23.6 Å². The molecule has 5 nitrogen and oxygen atoms in total. The molecule has 0 radical (unpaired) electrons. The monoisotopic (exact) mass is 293 g/mol. The van der Waals surface area contributed by atoms with Gasteiger partial charge in [0, 0.05) is 12.7 Å². The van der Waals surface area contributed by atoms with Gasteiger partial charge in [0.1, 0.15) is 12.4 Å². The quantitative estimate of drug-likeness (QED) is 0.757. The Bertz CT molecular complexity index is 505. The first-order valence-corrected chi connectivity index (χ1v) is 7.31. The lowest BCUT2D eigenvalue weighted by molar-refractivity contribution is 0.145. The average molecular weight is 293 g/mol. The smallest absolute Gasteiger partial charge is 0.124 e. The molecule has 20 heavy (non-hydrogen) atoms. The number of rotatable bonds is 8. The second-order valence-corrected chi connectivity index (χ2v) is 4.76. The number of nitrogens with one attached hydrogen (secondary N) is 1. The molecule has 0 aliphatic heterocycles. The van der Waals surface area contributed by atoms with Crippen LogP contribution >= 0.6 is 11.7 Å². The fraction of sp³-hybridized carbons (Fsp3) is 0.429. The first-order chi connectivity index (χ1) is 9.86. The van der Waals surface area contributed by atoms with E-state index in [0.29, 0.717) is 13.2 Å². The summed E-state index contributed by atoms with van der Waals surface area (Å²) in [4.78, 5) is 0. The lowest BCUT2D eigenvalue weighted by atomic mass is 10.0. The van der Waals surface area contributed by atoms with Gasteiger partial charge in [-0.25, -0.2) is 0 Å². The summed E-state index contributed by atoms with van der Waals surface area (Å²) in [5.41, 5.74) is 1.98. The highest BCUT2D eigenvalue weighted by atomic mass is 32.1. The summed E-state index contributed by atoms with van der Waals surface area (Å²) in [7, 11) is 1.66. The molecule has 0 aliphatic rings. The van der Waals surface area contributed by atoms with Gasteiger partial charge in [-0.1, -0.05) is 25.1 Å². The minimum atomic E-state index is -0.00232. The predicted molar refractivity (Wildman–Crippen MR) is 79.2 cm³/mol. The van der Waals surface area contributed by atoms with Crippen molar-refractivity contribution in [2.24, 2.45) is 0 Å². The summed E-state index contributed by atoms with van der Waals surface area (Å²) >= 11 is 1.21. The third kappa shape index (κ3) is 3.75. The van der Waals surface area contributed by atoms with Crippen molar-refractivity contribution in [1.82, 2.24) is 14.1 Å². The summed E-state index contributed by atoms with van der Waals surface area (Å²) in [6, 6.07) is 7.98. The minimum Gasteiger partial charge on any atom is -0.491 e. The van der Waals surface area contributed by atoms with Crippen LogP contribution in [0.5, 0.6) is 5.75 Å². The van der Waals surface area contributed by atoms with Crippen molar-refractivity contribution in [3.05, 3.63) is 41.7 Å². The zero-order valence-corrected chi connectivity index (χ0v) is 12.5. The molecule has 0 fully saturated rings. The van der Waals surface area contributed by atoms with Crippen molar-refractivity contribution in [3.63, 3.8) is 0 Å². The molecular formula is C14H19N3O2S. The molecule has 0 aliphatic carbocycles. The van der Waals surface area contributed by atoms with Gasteiger partial charge in [-0.15, -0.1) is 0 Å². The number of benzene rings is 1. The number of nitrogens with zero attached hydrogens (tertiary/aromatic N) is 2. The van der Waals surface area contributed by atoms with Gasteiger partial charge in [-0.05, 0) is 12.6 Å². The van der Waals surface area contributed by atoms with Gasteiger partial charge >= 0.3 is 0 Å². The van der Waals surface area contributed by atoms with Gasteiger partial charge in [0.15, 0.2) is 0 Å². The maximum absolute atomic E-state index is 5.79. The zero-order valence-electron chi connectivity index (χ0n) is 11.7. The van der Waals surface area contributed by atoms with Crippen LogP contribution in [0.1, 0.15) is 24.2 Å². The molecule has 2 aromatic rings. The first kappa shape index (κ1) is 14.9. The second kappa shape index (κ2) is 7.94. The molecule has 0 bridgehead atoms. The summed E-state index contributed by atoms with van der Waals surface area (Å²) in [6.07, 6.45) is 1.80. The Balaban J connectivity index is 2.23. The molecule has 108 valence electrons. The maximum atomic E-state index is 5.79. The Labute approximate surface area is 123 Å². The van der Waals surface area contributed by atoms with Crippen molar-refractivity contribution in [3.8, 4) is 5.75 Å². The molecular weight excluding hydrogens is 274 g/mol. The van der Waals surface area contributed by atoms with Crippen LogP contribution in [0.4, 0.5) is 0 Å². The van der Waals surface area contributed by atoms with E-state index in [9.17, 15) is 0 Å².